The van der Waals surface area contributed by atoms with Gasteiger partial charge >= 0.3 is 0 Å². The monoisotopic (exact) mass is 418 g/mol. The zero-order chi connectivity index (χ0) is 20.6. The number of benzene rings is 1. The molecule has 0 radical (unpaired) electrons. The van der Waals surface area contributed by atoms with Crippen LogP contribution in [0.4, 0.5) is 5.69 Å². The van der Waals surface area contributed by atoms with Gasteiger partial charge in [0.15, 0.2) is 11.5 Å². The lowest BCUT2D eigenvalue weighted by atomic mass is 9.94. The number of furan rings is 1. The molecule has 29 heavy (non-hydrogen) atoms. The zero-order valence-corrected chi connectivity index (χ0v) is 16.9. The summed E-state index contributed by atoms with van der Waals surface area (Å²) in [4.78, 5) is 25.0. The highest BCUT2D eigenvalue weighted by atomic mass is 32.2. The van der Waals surface area contributed by atoms with Gasteiger partial charge in [0.1, 0.15) is 5.76 Å². The summed E-state index contributed by atoms with van der Waals surface area (Å²) in [5.74, 6) is 0.120. The number of fused-ring (bicyclic) bond motifs is 1. The van der Waals surface area contributed by atoms with Crippen molar-refractivity contribution in [1.82, 2.24) is 4.31 Å². The number of Topliss-reactive ketones (excluding diaryl/α,β-unsaturated/α-hetero) is 1. The first-order chi connectivity index (χ1) is 13.9. The van der Waals surface area contributed by atoms with Crippen molar-refractivity contribution in [2.45, 2.75) is 31.1 Å². The maximum atomic E-state index is 12.8. The Morgan fingerprint density at radius 3 is 2.66 bits per heavy atom. The molecule has 1 N–H and O–H groups in total. The molecule has 0 bridgehead atoms. The van der Waals surface area contributed by atoms with Crippen LogP contribution in [-0.4, -0.2) is 50.7 Å². The molecule has 1 aromatic carbocycles. The highest BCUT2D eigenvalue weighted by Gasteiger charge is 2.29. The molecule has 1 amide bonds. The number of aryl methyl sites for hydroxylation is 1. The Hall–Kier alpha value is -2.49. The van der Waals surface area contributed by atoms with Crippen molar-refractivity contribution in [3.63, 3.8) is 0 Å². The summed E-state index contributed by atoms with van der Waals surface area (Å²) in [6, 6.07) is 6.11. The predicted octanol–water partition coefficient (Wildman–Crippen LogP) is 2.38. The number of nitrogens with zero attached hydrogens (tertiary/aromatic N) is 1. The standard InChI is InChI=1S/C20H22N2O6S/c1-13-18-16(23)6-3-7-17(18)28-19(13)20(24)21-14-4-2-5-15(12-14)29(25,26)22-8-10-27-11-9-22/h2,4-5,12H,3,6-11H2,1H3,(H,21,24). The van der Waals surface area contributed by atoms with Crippen LogP contribution >= 0.6 is 0 Å². The normalized spacial score (nSPS) is 17.8. The number of amides is 1. The Morgan fingerprint density at radius 2 is 1.93 bits per heavy atom. The summed E-state index contributed by atoms with van der Waals surface area (Å²) in [5, 5.41) is 2.69. The predicted molar refractivity (Wildman–Crippen MR) is 105 cm³/mol. The second-order valence-corrected chi connectivity index (χ2v) is 9.07. The number of morpholine rings is 1. The van der Waals surface area contributed by atoms with Crippen molar-refractivity contribution in [3.05, 3.63) is 46.9 Å². The summed E-state index contributed by atoms with van der Waals surface area (Å²) in [6.45, 7) is 3.00. The van der Waals surface area contributed by atoms with Crippen molar-refractivity contribution < 1.29 is 27.2 Å². The van der Waals surface area contributed by atoms with E-state index in [0.29, 0.717) is 68.1 Å². The molecule has 2 aliphatic rings. The van der Waals surface area contributed by atoms with E-state index in [0.717, 1.165) is 0 Å². The third-order valence-corrected chi connectivity index (χ3v) is 7.11. The van der Waals surface area contributed by atoms with E-state index in [-0.39, 0.29) is 16.4 Å². The van der Waals surface area contributed by atoms with Crippen LogP contribution in [-0.2, 0) is 21.2 Å². The smallest absolute Gasteiger partial charge is 0.291 e. The highest BCUT2D eigenvalue weighted by molar-refractivity contribution is 7.89. The first kappa shape index (κ1) is 19.8. The number of hydrogen-bond acceptors (Lipinski definition) is 6. The van der Waals surface area contributed by atoms with E-state index in [1.165, 1.54) is 16.4 Å². The molecule has 1 fully saturated rings. The molecule has 0 spiro atoms. The number of carbonyl (C=O) groups excluding carboxylic acids is 2. The molecule has 1 aliphatic heterocycles. The molecular formula is C20H22N2O6S. The average molecular weight is 418 g/mol. The molecule has 1 saturated heterocycles. The van der Waals surface area contributed by atoms with Crippen LogP contribution in [0.3, 0.4) is 0 Å². The second kappa shape index (κ2) is 7.74. The second-order valence-electron chi connectivity index (χ2n) is 7.13. The lowest BCUT2D eigenvalue weighted by molar-refractivity contribution is 0.0730. The van der Waals surface area contributed by atoms with E-state index in [4.69, 9.17) is 9.15 Å². The number of anilines is 1. The molecule has 2 aromatic rings. The Kier molecular flexibility index (Phi) is 5.28. The van der Waals surface area contributed by atoms with E-state index in [9.17, 15) is 18.0 Å². The number of ketones is 1. The highest BCUT2D eigenvalue weighted by Crippen LogP contribution is 2.30. The minimum absolute atomic E-state index is 0.00912. The van der Waals surface area contributed by atoms with Gasteiger partial charge in [0, 0.05) is 37.2 Å². The Bertz CT molecular complexity index is 1070. The van der Waals surface area contributed by atoms with Gasteiger partial charge in [-0.1, -0.05) is 6.07 Å². The van der Waals surface area contributed by atoms with E-state index < -0.39 is 15.9 Å². The molecule has 8 nitrogen and oxygen atoms in total. The van der Waals surface area contributed by atoms with Gasteiger partial charge in [-0.3, -0.25) is 9.59 Å². The largest absolute Gasteiger partial charge is 0.455 e. The molecular weight excluding hydrogens is 396 g/mol. The minimum atomic E-state index is -3.67. The summed E-state index contributed by atoms with van der Waals surface area (Å²) < 4.78 is 37.9. The van der Waals surface area contributed by atoms with Gasteiger partial charge in [-0.2, -0.15) is 4.31 Å². The van der Waals surface area contributed by atoms with Crippen LogP contribution < -0.4 is 5.32 Å². The lowest BCUT2D eigenvalue weighted by Gasteiger charge is -2.26. The van der Waals surface area contributed by atoms with Gasteiger partial charge in [-0.15, -0.1) is 0 Å². The van der Waals surface area contributed by atoms with Crippen LogP contribution in [0.5, 0.6) is 0 Å². The average Bonchev–Trinajstić information content (AvgIpc) is 3.07. The Balaban J connectivity index is 1.57. The van der Waals surface area contributed by atoms with Gasteiger partial charge in [0.25, 0.3) is 5.91 Å². The molecule has 154 valence electrons. The van der Waals surface area contributed by atoms with Gasteiger partial charge in [0.05, 0.1) is 23.7 Å². The molecule has 4 rings (SSSR count). The lowest BCUT2D eigenvalue weighted by Crippen LogP contribution is -2.40. The summed E-state index contributed by atoms with van der Waals surface area (Å²) in [7, 11) is -3.67. The molecule has 0 unspecified atom stereocenters. The van der Waals surface area contributed by atoms with Crippen molar-refractivity contribution in [1.29, 1.82) is 0 Å². The third kappa shape index (κ3) is 3.73. The first-order valence-corrected chi connectivity index (χ1v) is 11.0. The van der Waals surface area contributed by atoms with E-state index in [2.05, 4.69) is 5.32 Å². The fraction of sp³-hybridized carbons (Fsp3) is 0.400. The van der Waals surface area contributed by atoms with Crippen LogP contribution in [0.1, 0.15) is 45.1 Å². The van der Waals surface area contributed by atoms with Crippen LogP contribution in [0, 0.1) is 6.92 Å². The topological polar surface area (TPSA) is 106 Å². The van der Waals surface area contributed by atoms with Crippen LogP contribution in [0.2, 0.25) is 0 Å². The Morgan fingerprint density at radius 1 is 1.17 bits per heavy atom. The van der Waals surface area contributed by atoms with Gasteiger partial charge in [0.2, 0.25) is 10.0 Å². The molecule has 1 aromatic heterocycles. The molecule has 9 heteroatoms. The number of rotatable bonds is 4. The van der Waals surface area contributed by atoms with Crippen molar-refractivity contribution in [2.75, 3.05) is 31.6 Å². The first-order valence-electron chi connectivity index (χ1n) is 9.52. The number of nitrogens with one attached hydrogen (secondary N) is 1. The van der Waals surface area contributed by atoms with Gasteiger partial charge in [-0.25, -0.2) is 8.42 Å². The Labute approximate surface area is 168 Å². The van der Waals surface area contributed by atoms with Gasteiger partial charge in [-0.05, 0) is 31.5 Å². The molecule has 2 heterocycles. The molecule has 0 saturated carbocycles. The van der Waals surface area contributed by atoms with Crippen LogP contribution in [0.25, 0.3) is 0 Å². The summed E-state index contributed by atoms with van der Waals surface area (Å²) in [6.07, 6.45) is 1.79. The summed E-state index contributed by atoms with van der Waals surface area (Å²) >= 11 is 0. The molecule has 1 aliphatic carbocycles. The third-order valence-electron chi connectivity index (χ3n) is 5.21. The maximum Gasteiger partial charge on any atom is 0.291 e. The SMILES string of the molecule is Cc1c(C(=O)Nc2cccc(S(=O)(=O)N3CCOCC3)c2)oc2c1C(=O)CCC2. The maximum absolute atomic E-state index is 12.8. The van der Waals surface area contributed by atoms with E-state index in [1.807, 2.05) is 0 Å². The van der Waals surface area contributed by atoms with Crippen molar-refractivity contribution >= 4 is 27.4 Å². The molecule has 0 atom stereocenters. The van der Waals surface area contributed by atoms with Crippen molar-refractivity contribution in [2.24, 2.45) is 0 Å². The number of hydrogen-bond donors (Lipinski definition) is 1. The van der Waals surface area contributed by atoms with Crippen LogP contribution in [0.15, 0.2) is 33.6 Å². The van der Waals surface area contributed by atoms with Crippen molar-refractivity contribution in [3.8, 4) is 0 Å². The van der Waals surface area contributed by atoms with E-state index in [1.54, 1.807) is 19.1 Å². The van der Waals surface area contributed by atoms with Gasteiger partial charge < -0.3 is 14.5 Å². The fourth-order valence-electron chi connectivity index (χ4n) is 3.72. The minimum Gasteiger partial charge on any atom is -0.455 e. The quantitative estimate of drug-likeness (QED) is 0.817. The number of carbonyl (C=O) groups is 2. The number of ether oxygens (including phenoxy) is 1. The summed E-state index contributed by atoms with van der Waals surface area (Å²) in [5.41, 5.74) is 1.37. The van der Waals surface area contributed by atoms with E-state index >= 15 is 0 Å². The number of sulfonamides is 1. The fourth-order valence-corrected chi connectivity index (χ4v) is 5.18. The zero-order valence-electron chi connectivity index (χ0n) is 16.1.